The van der Waals surface area contributed by atoms with Gasteiger partial charge in [-0.1, -0.05) is 54.6 Å². The molecule has 2 heterocycles. The Hall–Kier alpha value is -3.22. The third kappa shape index (κ3) is 6.90. The molecule has 0 aliphatic carbocycles. The molecule has 184 valence electrons. The van der Waals surface area contributed by atoms with E-state index in [9.17, 15) is 4.79 Å². The van der Waals surface area contributed by atoms with Crippen LogP contribution in [0.3, 0.4) is 0 Å². The fourth-order valence-electron chi connectivity index (χ4n) is 3.84. The Bertz CT molecular complexity index is 1100. The molecule has 0 saturated carbocycles. The van der Waals surface area contributed by atoms with Gasteiger partial charge in [0, 0.05) is 11.8 Å². The highest BCUT2D eigenvalue weighted by molar-refractivity contribution is 5.82. The quantitative estimate of drug-likeness (QED) is 0.331. The summed E-state index contributed by atoms with van der Waals surface area (Å²) in [7, 11) is 0. The van der Waals surface area contributed by atoms with E-state index in [0.717, 1.165) is 24.1 Å². The minimum absolute atomic E-state index is 0.203. The molecule has 1 N–H and O–H groups in total. The first kappa shape index (κ1) is 24.9. The van der Waals surface area contributed by atoms with Crippen LogP contribution in [0.2, 0.25) is 0 Å². The van der Waals surface area contributed by atoms with Crippen molar-refractivity contribution >= 4 is 5.97 Å². The lowest BCUT2D eigenvalue weighted by molar-refractivity contribution is -0.168. The summed E-state index contributed by atoms with van der Waals surface area (Å²) in [5, 5.41) is 3.20. The SMILES string of the molecule is CC(C)(C)OC(=O)[C@@]1(COc2cncc(-c3ccc(CCOCc4ccccc4)cc3)c2)CCN1. The van der Waals surface area contributed by atoms with Gasteiger partial charge >= 0.3 is 5.97 Å². The maximum Gasteiger partial charge on any atom is 0.330 e. The number of rotatable bonds is 10. The molecule has 0 bridgehead atoms. The Morgan fingerprint density at radius 2 is 1.74 bits per heavy atom. The minimum atomic E-state index is -0.798. The molecule has 1 aliphatic heterocycles. The summed E-state index contributed by atoms with van der Waals surface area (Å²) >= 11 is 0. The van der Waals surface area contributed by atoms with E-state index < -0.39 is 11.1 Å². The second-order valence-electron chi connectivity index (χ2n) is 9.94. The van der Waals surface area contributed by atoms with Gasteiger partial charge in [-0.15, -0.1) is 0 Å². The molecule has 6 heteroatoms. The van der Waals surface area contributed by atoms with Crippen LogP contribution < -0.4 is 10.1 Å². The summed E-state index contributed by atoms with van der Waals surface area (Å²) < 4.78 is 17.4. The number of carbonyl (C=O) groups excluding carboxylic acids is 1. The largest absolute Gasteiger partial charge is 0.489 e. The molecule has 35 heavy (non-hydrogen) atoms. The van der Waals surface area contributed by atoms with Gasteiger partial charge in [-0.25, -0.2) is 4.79 Å². The standard InChI is InChI=1S/C29H34N2O4/c1-28(2,3)35-27(32)29(14-15-31-29)21-34-26-17-25(18-30-19-26)24-11-9-22(10-12-24)13-16-33-20-23-7-5-4-6-8-23/h4-12,17-19,31H,13-16,20-21H2,1-3H3/t29-/m0/s1. The van der Waals surface area contributed by atoms with Crippen LogP contribution >= 0.6 is 0 Å². The Kier molecular flexibility index (Phi) is 7.83. The molecule has 2 aromatic carbocycles. The van der Waals surface area contributed by atoms with E-state index in [1.165, 1.54) is 11.1 Å². The molecule has 1 saturated heterocycles. The van der Waals surface area contributed by atoms with Crippen LogP contribution in [0.15, 0.2) is 73.1 Å². The molecule has 4 rings (SSSR count). The molecule has 0 unspecified atom stereocenters. The molecule has 0 radical (unpaired) electrons. The summed E-state index contributed by atoms with van der Waals surface area (Å²) in [6.45, 7) is 7.88. The molecule has 0 spiro atoms. The molecule has 1 aromatic heterocycles. The number of nitrogens with zero attached hydrogens (tertiary/aromatic N) is 1. The highest BCUT2D eigenvalue weighted by Gasteiger charge is 2.47. The molecule has 1 atom stereocenters. The highest BCUT2D eigenvalue weighted by atomic mass is 16.6. The smallest absolute Gasteiger partial charge is 0.330 e. The topological polar surface area (TPSA) is 69.7 Å². The number of hydrogen-bond donors (Lipinski definition) is 1. The van der Waals surface area contributed by atoms with Gasteiger partial charge < -0.3 is 14.2 Å². The Labute approximate surface area is 207 Å². The zero-order valence-corrected chi connectivity index (χ0v) is 20.8. The summed E-state index contributed by atoms with van der Waals surface area (Å²) in [5.74, 6) is 0.348. The molecule has 0 amide bonds. The molecule has 6 nitrogen and oxygen atoms in total. The van der Waals surface area contributed by atoms with Crippen LogP contribution in [0.25, 0.3) is 11.1 Å². The van der Waals surface area contributed by atoms with E-state index in [1.807, 2.05) is 51.2 Å². The number of carbonyl (C=O) groups is 1. The zero-order chi connectivity index (χ0) is 24.7. The average molecular weight is 475 g/mol. The van der Waals surface area contributed by atoms with Crippen LogP contribution in [-0.4, -0.2) is 41.9 Å². The van der Waals surface area contributed by atoms with Gasteiger partial charge in [0.15, 0.2) is 5.54 Å². The van der Waals surface area contributed by atoms with Crippen molar-refractivity contribution in [2.45, 2.75) is 51.4 Å². The monoisotopic (exact) mass is 474 g/mol. The van der Waals surface area contributed by atoms with E-state index in [-0.39, 0.29) is 12.6 Å². The van der Waals surface area contributed by atoms with Gasteiger partial charge in [-0.05, 0) is 62.9 Å². The first-order valence-electron chi connectivity index (χ1n) is 12.1. The zero-order valence-electron chi connectivity index (χ0n) is 20.8. The fraction of sp³-hybridized carbons (Fsp3) is 0.379. The van der Waals surface area contributed by atoms with Crippen LogP contribution in [-0.2, 0) is 27.3 Å². The molecule has 1 aliphatic rings. The maximum absolute atomic E-state index is 12.7. The fourth-order valence-corrected chi connectivity index (χ4v) is 3.84. The molecular formula is C29H34N2O4. The first-order chi connectivity index (χ1) is 16.8. The van der Waals surface area contributed by atoms with Crippen molar-refractivity contribution in [1.29, 1.82) is 0 Å². The van der Waals surface area contributed by atoms with E-state index >= 15 is 0 Å². The van der Waals surface area contributed by atoms with Crippen LogP contribution in [0.4, 0.5) is 0 Å². The summed E-state index contributed by atoms with van der Waals surface area (Å²) in [4.78, 5) is 17.0. The second-order valence-corrected chi connectivity index (χ2v) is 9.94. The summed E-state index contributed by atoms with van der Waals surface area (Å²) in [6, 6.07) is 20.6. The lowest BCUT2D eigenvalue weighted by Crippen LogP contribution is -2.66. The number of esters is 1. The van der Waals surface area contributed by atoms with Gasteiger partial charge in [0.05, 0.1) is 19.4 Å². The lowest BCUT2D eigenvalue weighted by atomic mass is 9.88. The van der Waals surface area contributed by atoms with Crippen molar-refractivity contribution in [3.63, 3.8) is 0 Å². The predicted octanol–water partition coefficient (Wildman–Crippen LogP) is 4.96. The molecular weight excluding hydrogens is 440 g/mol. The number of ether oxygens (including phenoxy) is 3. The number of hydrogen-bond acceptors (Lipinski definition) is 6. The highest BCUT2D eigenvalue weighted by Crippen LogP contribution is 2.27. The van der Waals surface area contributed by atoms with Crippen molar-refractivity contribution in [3.05, 3.63) is 84.2 Å². The van der Waals surface area contributed by atoms with Gasteiger partial charge in [0.25, 0.3) is 0 Å². The average Bonchev–Trinajstić information content (AvgIpc) is 2.81. The van der Waals surface area contributed by atoms with Crippen LogP contribution in [0.5, 0.6) is 5.75 Å². The number of nitrogens with one attached hydrogen (secondary N) is 1. The number of pyridine rings is 1. The van der Waals surface area contributed by atoms with Crippen LogP contribution in [0.1, 0.15) is 38.3 Å². The van der Waals surface area contributed by atoms with Gasteiger partial charge in [-0.3, -0.25) is 10.3 Å². The Balaban J connectivity index is 1.30. The van der Waals surface area contributed by atoms with Gasteiger partial charge in [-0.2, -0.15) is 0 Å². The van der Waals surface area contributed by atoms with Crippen LogP contribution in [0, 0.1) is 0 Å². The van der Waals surface area contributed by atoms with E-state index in [1.54, 1.807) is 6.20 Å². The predicted molar refractivity (Wildman–Crippen MR) is 136 cm³/mol. The second kappa shape index (κ2) is 11.0. The van der Waals surface area contributed by atoms with E-state index in [4.69, 9.17) is 14.2 Å². The van der Waals surface area contributed by atoms with E-state index in [2.05, 4.69) is 46.7 Å². The van der Waals surface area contributed by atoms with Gasteiger partial charge in [0.2, 0.25) is 0 Å². The number of aromatic nitrogens is 1. The molecule has 1 fully saturated rings. The third-order valence-electron chi connectivity index (χ3n) is 5.94. The lowest BCUT2D eigenvalue weighted by Gasteiger charge is -2.41. The summed E-state index contributed by atoms with van der Waals surface area (Å²) in [5.41, 5.74) is 3.08. The summed E-state index contributed by atoms with van der Waals surface area (Å²) in [6.07, 6.45) is 5.03. The van der Waals surface area contributed by atoms with Crippen molar-refractivity contribution in [3.8, 4) is 16.9 Å². The third-order valence-corrected chi connectivity index (χ3v) is 5.94. The normalized spacial score (nSPS) is 17.5. The maximum atomic E-state index is 12.7. The van der Waals surface area contributed by atoms with Crippen molar-refractivity contribution in [1.82, 2.24) is 10.3 Å². The van der Waals surface area contributed by atoms with E-state index in [0.29, 0.717) is 25.4 Å². The molecule has 3 aromatic rings. The van der Waals surface area contributed by atoms with Crippen molar-refractivity contribution in [2.24, 2.45) is 0 Å². The van der Waals surface area contributed by atoms with Gasteiger partial charge in [0.1, 0.15) is 18.0 Å². The van der Waals surface area contributed by atoms with Crippen molar-refractivity contribution < 1.29 is 19.0 Å². The number of benzene rings is 2. The van der Waals surface area contributed by atoms with Crippen molar-refractivity contribution in [2.75, 3.05) is 19.8 Å². The Morgan fingerprint density at radius 1 is 1.00 bits per heavy atom. The minimum Gasteiger partial charge on any atom is -0.489 e. The first-order valence-corrected chi connectivity index (χ1v) is 12.1. The Morgan fingerprint density at radius 3 is 2.40 bits per heavy atom.